The molecule has 0 spiro atoms. The summed E-state index contributed by atoms with van der Waals surface area (Å²) in [6.45, 7) is 3.46. The van der Waals surface area contributed by atoms with E-state index in [9.17, 15) is 8.42 Å². The average molecular weight is 313 g/mol. The Balaban J connectivity index is 1.87. The van der Waals surface area contributed by atoms with Gasteiger partial charge in [-0.3, -0.25) is 4.72 Å². The van der Waals surface area contributed by atoms with Crippen molar-refractivity contribution in [1.29, 1.82) is 0 Å². The summed E-state index contributed by atoms with van der Waals surface area (Å²) in [5, 5.41) is 8.07. The van der Waals surface area contributed by atoms with E-state index >= 15 is 0 Å². The molecule has 2 aromatic heterocycles. The van der Waals surface area contributed by atoms with Gasteiger partial charge in [0.15, 0.2) is 0 Å². The summed E-state index contributed by atoms with van der Waals surface area (Å²) in [5.41, 5.74) is 0.582. The van der Waals surface area contributed by atoms with Gasteiger partial charge in [0.1, 0.15) is 0 Å². The molecule has 0 aromatic carbocycles. The zero-order valence-corrected chi connectivity index (χ0v) is 12.8. The van der Waals surface area contributed by atoms with E-state index in [1.54, 1.807) is 13.0 Å². The molecule has 0 bridgehead atoms. The molecule has 0 aliphatic heterocycles. The van der Waals surface area contributed by atoms with Crippen LogP contribution in [0, 0.1) is 6.92 Å². The highest BCUT2D eigenvalue weighted by atomic mass is 32.2. The number of anilines is 1. The molecule has 0 amide bonds. The van der Waals surface area contributed by atoms with Gasteiger partial charge >= 0.3 is 0 Å². The second kappa shape index (κ2) is 4.85. The lowest BCUT2D eigenvalue weighted by atomic mass is 10.4. The maximum atomic E-state index is 11.6. The highest BCUT2D eigenvalue weighted by molar-refractivity contribution is 7.92. The van der Waals surface area contributed by atoms with Gasteiger partial charge in [-0.25, -0.2) is 8.42 Å². The average Bonchev–Trinajstić information content (AvgIpc) is 3.03. The predicted molar refractivity (Wildman–Crippen MR) is 77.4 cm³/mol. The summed E-state index contributed by atoms with van der Waals surface area (Å²) in [4.78, 5) is 1.67. The predicted octanol–water partition coefficient (Wildman–Crippen LogP) is 2.75. The molecule has 1 aliphatic carbocycles. The van der Waals surface area contributed by atoms with E-state index in [2.05, 4.69) is 14.9 Å². The summed E-state index contributed by atoms with van der Waals surface area (Å²) in [7, 11) is -3.27. The van der Waals surface area contributed by atoms with E-state index in [4.69, 9.17) is 4.42 Å². The number of nitrogens with one attached hydrogen (secondary N) is 1. The van der Waals surface area contributed by atoms with Gasteiger partial charge in [-0.1, -0.05) is 0 Å². The van der Waals surface area contributed by atoms with Crippen LogP contribution in [0.1, 0.15) is 36.5 Å². The van der Waals surface area contributed by atoms with Gasteiger partial charge in [0.2, 0.25) is 15.9 Å². The van der Waals surface area contributed by atoms with Crippen LogP contribution >= 0.6 is 11.3 Å². The number of aryl methyl sites for hydroxylation is 1. The molecule has 2 heterocycles. The topological polar surface area (TPSA) is 85.1 Å². The number of sulfonamides is 1. The van der Waals surface area contributed by atoms with Crippen LogP contribution < -0.4 is 4.72 Å². The Labute approximate surface area is 121 Å². The first-order chi connectivity index (χ1) is 9.48. The standard InChI is InChI=1S/C12H15N3O3S2/c1-3-20(16,17)15-9-6-10(19-7(9)2)12-14-13-11(18-12)8-4-5-8/h6,8,15H,3-5H2,1-2H3. The highest BCUT2D eigenvalue weighted by Crippen LogP contribution is 2.41. The molecule has 20 heavy (non-hydrogen) atoms. The van der Waals surface area contributed by atoms with Crippen molar-refractivity contribution in [2.75, 3.05) is 10.5 Å². The van der Waals surface area contributed by atoms with Crippen LogP contribution in [0.15, 0.2) is 10.5 Å². The Hall–Kier alpha value is -1.41. The summed E-state index contributed by atoms with van der Waals surface area (Å²) >= 11 is 1.44. The molecule has 1 N–H and O–H groups in total. The molecule has 1 aliphatic rings. The van der Waals surface area contributed by atoms with Gasteiger partial charge in [0.05, 0.1) is 16.3 Å². The Bertz CT molecular complexity index is 729. The first kappa shape index (κ1) is 13.6. The van der Waals surface area contributed by atoms with E-state index in [0.29, 0.717) is 23.4 Å². The summed E-state index contributed by atoms with van der Waals surface area (Å²) < 4.78 is 31.4. The van der Waals surface area contributed by atoms with E-state index < -0.39 is 10.0 Å². The van der Waals surface area contributed by atoms with Crippen molar-refractivity contribution >= 4 is 27.0 Å². The van der Waals surface area contributed by atoms with Crippen molar-refractivity contribution in [2.45, 2.75) is 32.6 Å². The molecule has 0 unspecified atom stereocenters. The number of hydrogen-bond acceptors (Lipinski definition) is 6. The monoisotopic (exact) mass is 313 g/mol. The Morgan fingerprint density at radius 1 is 1.45 bits per heavy atom. The number of thiophene rings is 1. The third-order valence-corrected chi connectivity index (χ3v) is 5.47. The second-order valence-corrected chi connectivity index (χ2v) is 8.07. The summed E-state index contributed by atoms with van der Waals surface area (Å²) in [6, 6.07) is 1.75. The second-order valence-electron chi connectivity index (χ2n) is 4.81. The molecule has 6 nitrogen and oxygen atoms in total. The Kier molecular flexibility index (Phi) is 3.29. The zero-order chi connectivity index (χ0) is 14.3. The Morgan fingerprint density at radius 3 is 2.85 bits per heavy atom. The van der Waals surface area contributed by atoms with E-state index in [1.807, 2.05) is 6.92 Å². The first-order valence-corrected chi connectivity index (χ1v) is 8.90. The van der Waals surface area contributed by atoms with Gasteiger partial charge in [-0.15, -0.1) is 21.5 Å². The van der Waals surface area contributed by atoms with E-state index in [0.717, 1.165) is 22.6 Å². The summed E-state index contributed by atoms with van der Waals surface area (Å²) in [6.07, 6.45) is 2.21. The molecular weight excluding hydrogens is 298 g/mol. The molecule has 0 saturated heterocycles. The fourth-order valence-electron chi connectivity index (χ4n) is 1.76. The summed E-state index contributed by atoms with van der Waals surface area (Å²) in [5.74, 6) is 1.60. The van der Waals surface area contributed by atoms with Crippen LogP contribution in [-0.4, -0.2) is 24.4 Å². The zero-order valence-electron chi connectivity index (χ0n) is 11.2. The van der Waals surface area contributed by atoms with Crippen molar-refractivity contribution in [1.82, 2.24) is 10.2 Å². The highest BCUT2D eigenvalue weighted by Gasteiger charge is 2.29. The molecule has 0 radical (unpaired) electrons. The third-order valence-electron chi connectivity index (χ3n) is 3.14. The molecule has 1 saturated carbocycles. The van der Waals surface area contributed by atoms with Crippen molar-refractivity contribution in [3.63, 3.8) is 0 Å². The number of rotatable bonds is 5. The fraction of sp³-hybridized carbons (Fsp3) is 0.500. The van der Waals surface area contributed by atoms with Crippen LogP contribution in [-0.2, 0) is 10.0 Å². The lowest BCUT2D eigenvalue weighted by Crippen LogP contribution is -2.14. The minimum Gasteiger partial charge on any atom is -0.420 e. The van der Waals surface area contributed by atoms with Gasteiger partial charge in [-0.05, 0) is 32.8 Å². The lowest BCUT2D eigenvalue weighted by molar-refractivity contribution is 0.509. The first-order valence-electron chi connectivity index (χ1n) is 6.43. The van der Waals surface area contributed by atoms with Gasteiger partial charge in [-0.2, -0.15) is 0 Å². The molecule has 8 heteroatoms. The molecule has 108 valence electrons. The molecule has 0 atom stereocenters. The fourth-order valence-corrected chi connectivity index (χ4v) is 3.41. The SMILES string of the molecule is CCS(=O)(=O)Nc1cc(-c2nnc(C3CC3)o2)sc1C. The van der Waals surface area contributed by atoms with Crippen molar-refractivity contribution < 1.29 is 12.8 Å². The van der Waals surface area contributed by atoms with Crippen LogP contribution in [0.2, 0.25) is 0 Å². The van der Waals surface area contributed by atoms with Crippen LogP contribution in [0.3, 0.4) is 0 Å². The number of aromatic nitrogens is 2. The van der Waals surface area contributed by atoms with Crippen molar-refractivity contribution in [2.24, 2.45) is 0 Å². The van der Waals surface area contributed by atoms with E-state index in [1.165, 1.54) is 11.3 Å². The van der Waals surface area contributed by atoms with Crippen LogP contribution in [0.4, 0.5) is 5.69 Å². The molecule has 1 fully saturated rings. The number of nitrogens with zero attached hydrogens (tertiary/aromatic N) is 2. The van der Waals surface area contributed by atoms with Crippen LogP contribution in [0.5, 0.6) is 0 Å². The minimum absolute atomic E-state index is 0.0456. The van der Waals surface area contributed by atoms with Crippen molar-refractivity contribution in [3.8, 4) is 10.8 Å². The Morgan fingerprint density at radius 2 is 2.20 bits per heavy atom. The normalized spacial score (nSPS) is 15.5. The van der Waals surface area contributed by atoms with Gasteiger partial charge < -0.3 is 4.42 Å². The smallest absolute Gasteiger partial charge is 0.257 e. The lowest BCUT2D eigenvalue weighted by Gasteiger charge is -2.03. The quantitative estimate of drug-likeness (QED) is 0.917. The molecular formula is C12H15N3O3S2. The molecule has 3 rings (SSSR count). The number of hydrogen-bond donors (Lipinski definition) is 1. The van der Waals surface area contributed by atoms with Crippen molar-refractivity contribution in [3.05, 3.63) is 16.8 Å². The van der Waals surface area contributed by atoms with Gasteiger partial charge in [0.25, 0.3) is 5.89 Å². The third kappa shape index (κ3) is 2.71. The largest absolute Gasteiger partial charge is 0.420 e. The van der Waals surface area contributed by atoms with E-state index in [-0.39, 0.29) is 5.75 Å². The van der Waals surface area contributed by atoms with Crippen LogP contribution in [0.25, 0.3) is 10.8 Å². The van der Waals surface area contributed by atoms with Gasteiger partial charge in [0, 0.05) is 10.8 Å². The maximum absolute atomic E-state index is 11.6. The minimum atomic E-state index is -3.27. The maximum Gasteiger partial charge on any atom is 0.257 e. The molecule has 2 aromatic rings.